The maximum absolute atomic E-state index is 11.9. The molecule has 0 aliphatic rings. The van der Waals surface area contributed by atoms with Crippen molar-refractivity contribution in [3.05, 3.63) is 70.2 Å². The molecular formula is C17H13N5O2. The van der Waals surface area contributed by atoms with Gasteiger partial charge in [-0.25, -0.2) is 9.48 Å². The number of pyridine rings is 1. The van der Waals surface area contributed by atoms with E-state index < -0.39 is 5.63 Å². The average molecular weight is 319 g/mol. The topological polar surface area (TPSA) is 86.7 Å². The third-order valence-corrected chi connectivity index (χ3v) is 3.73. The van der Waals surface area contributed by atoms with Crippen molar-refractivity contribution in [2.24, 2.45) is 0 Å². The molecule has 0 unspecified atom stereocenters. The Kier molecular flexibility index (Phi) is 3.38. The molecule has 0 saturated heterocycles. The zero-order valence-corrected chi connectivity index (χ0v) is 12.9. The van der Waals surface area contributed by atoms with Crippen LogP contribution >= 0.6 is 0 Å². The molecule has 7 nitrogen and oxygen atoms in total. The van der Waals surface area contributed by atoms with Crippen LogP contribution in [0.5, 0.6) is 0 Å². The number of hydrogen-bond donors (Lipinski definition) is 0. The van der Waals surface area contributed by atoms with Gasteiger partial charge in [0, 0.05) is 17.6 Å². The first-order chi connectivity index (χ1) is 11.7. The molecule has 3 heterocycles. The van der Waals surface area contributed by atoms with Gasteiger partial charge in [-0.15, -0.1) is 5.10 Å². The summed E-state index contributed by atoms with van der Waals surface area (Å²) in [6, 6.07) is 12.8. The molecule has 118 valence electrons. The normalized spacial score (nSPS) is 11.0. The minimum absolute atomic E-state index is 0.351. The fourth-order valence-electron chi connectivity index (χ4n) is 2.62. The van der Waals surface area contributed by atoms with Crippen LogP contribution in [0.2, 0.25) is 0 Å². The van der Waals surface area contributed by atoms with Gasteiger partial charge in [-0.05, 0) is 46.7 Å². The molecule has 1 aromatic carbocycles. The Balaban J connectivity index is 1.82. The fraction of sp³-hybridized carbons (Fsp3) is 0.118. The average Bonchev–Trinajstić information content (AvgIpc) is 3.03. The molecule has 0 aliphatic heterocycles. The highest BCUT2D eigenvalue weighted by molar-refractivity contribution is 5.80. The summed E-state index contributed by atoms with van der Waals surface area (Å²) in [5.41, 5.74) is 2.66. The van der Waals surface area contributed by atoms with E-state index in [4.69, 9.17) is 4.42 Å². The molecule has 4 rings (SSSR count). The summed E-state index contributed by atoms with van der Waals surface area (Å²) in [5, 5.41) is 12.7. The minimum atomic E-state index is -0.393. The number of hydrogen-bond acceptors (Lipinski definition) is 6. The van der Waals surface area contributed by atoms with Gasteiger partial charge in [-0.2, -0.15) is 0 Å². The standard InChI is InChI=1S/C17H13N5O2/c1-11-5-6-13-12(9-16(23)24-15(13)8-11)10-22-17(19-20-21-22)14-4-2-3-7-18-14/h2-9H,10H2,1H3. The van der Waals surface area contributed by atoms with Crippen LogP contribution in [0.4, 0.5) is 0 Å². The summed E-state index contributed by atoms with van der Waals surface area (Å²) in [6.45, 7) is 2.30. The van der Waals surface area contributed by atoms with Gasteiger partial charge in [0.15, 0.2) is 0 Å². The molecular weight excluding hydrogens is 306 g/mol. The number of nitrogens with zero attached hydrogens (tertiary/aromatic N) is 5. The summed E-state index contributed by atoms with van der Waals surface area (Å²) in [4.78, 5) is 16.1. The van der Waals surface area contributed by atoms with Crippen molar-refractivity contribution in [2.75, 3.05) is 0 Å². The first kappa shape index (κ1) is 14.3. The Morgan fingerprint density at radius 3 is 2.92 bits per heavy atom. The molecule has 0 amide bonds. The second-order valence-electron chi connectivity index (χ2n) is 5.47. The lowest BCUT2D eigenvalue weighted by molar-refractivity contribution is 0.555. The molecule has 0 atom stereocenters. The van der Waals surface area contributed by atoms with Crippen molar-refractivity contribution in [1.29, 1.82) is 0 Å². The molecule has 0 N–H and O–H groups in total. The van der Waals surface area contributed by atoms with Gasteiger partial charge in [0.2, 0.25) is 5.82 Å². The van der Waals surface area contributed by atoms with Crippen LogP contribution in [-0.4, -0.2) is 25.2 Å². The highest BCUT2D eigenvalue weighted by Crippen LogP contribution is 2.20. The Bertz CT molecular complexity index is 1070. The predicted octanol–water partition coefficient (Wildman–Crippen LogP) is 2.20. The zero-order chi connectivity index (χ0) is 16.5. The van der Waals surface area contributed by atoms with E-state index in [2.05, 4.69) is 20.5 Å². The number of benzene rings is 1. The Labute approximate surface area is 136 Å². The van der Waals surface area contributed by atoms with E-state index >= 15 is 0 Å². The van der Waals surface area contributed by atoms with Crippen molar-refractivity contribution < 1.29 is 4.42 Å². The van der Waals surface area contributed by atoms with Gasteiger partial charge >= 0.3 is 5.63 Å². The molecule has 0 spiro atoms. The van der Waals surface area contributed by atoms with Gasteiger partial charge in [0.1, 0.15) is 11.3 Å². The van der Waals surface area contributed by atoms with E-state index in [-0.39, 0.29) is 0 Å². The molecule has 0 fully saturated rings. The Morgan fingerprint density at radius 2 is 2.08 bits per heavy atom. The van der Waals surface area contributed by atoms with Crippen molar-refractivity contribution in [3.63, 3.8) is 0 Å². The van der Waals surface area contributed by atoms with E-state index in [0.29, 0.717) is 23.6 Å². The van der Waals surface area contributed by atoms with Crippen LogP contribution in [0, 0.1) is 6.92 Å². The van der Waals surface area contributed by atoms with E-state index in [0.717, 1.165) is 16.5 Å². The first-order valence-corrected chi connectivity index (χ1v) is 7.42. The lowest BCUT2D eigenvalue weighted by Crippen LogP contribution is -2.09. The SMILES string of the molecule is Cc1ccc2c(Cn3nnnc3-c3ccccn3)cc(=O)oc2c1. The van der Waals surface area contributed by atoms with Crippen LogP contribution in [0.25, 0.3) is 22.5 Å². The van der Waals surface area contributed by atoms with Gasteiger partial charge in [0.25, 0.3) is 0 Å². The number of aryl methyl sites for hydroxylation is 1. The quantitative estimate of drug-likeness (QED) is 0.538. The zero-order valence-electron chi connectivity index (χ0n) is 12.9. The molecule has 0 saturated carbocycles. The second-order valence-corrected chi connectivity index (χ2v) is 5.47. The van der Waals surface area contributed by atoms with Crippen LogP contribution in [0.3, 0.4) is 0 Å². The molecule has 7 heteroatoms. The number of aromatic nitrogens is 5. The molecule has 24 heavy (non-hydrogen) atoms. The molecule has 3 aromatic heterocycles. The monoisotopic (exact) mass is 319 g/mol. The maximum Gasteiger partial charge on any atom is 0.336 e. The minimum Gasteiger partial charge on any atom is -0.423 e. The Morgan fingerprint density at radius 1 is 1.17 bits per heavy atom. The number of rotatable bonds is 3. The molecule has 4 aromatic rings. The van der Waals surface area contributed by atoms with Crippen molar-refractivity contribution in [2.45, 2.75) is 13.5 Å². The predicted molar refractivity (Wildman–Crippen MR) is 87.4 cm³/mol. The molecule has 0 aliphatic carbocycles. The van der Waals surface area contributed by atoms with Crippen molar-refractivity contribution in [3.8, 4) is 11.5 Å². The summed E-state index contributed by atoms with van der Waals surface area (Å²) >= 11 is 0. The van der Waals surface area contributed by atoms with Crippen molar-refractivity contribution in [1.82, 2.24) is 25.2 Å². The van der Waals surface area contributed by atoms with Crippen LogP contribution in [0.15, 0.2) is 57.9 Å². The van der Waals surface area contributed by atoms with Gasteiger partial charge < -0.3 is 4.42 Å². The molecule has 0 bridgehead atoms. The van der Waals surface area contributed by atoms with Crippen LogP contribution in [-0.2, 0) is 6.54 Å². The highest BCUT2D eigenvalue weighted by Gasteiger charge is 2.13. The first-order valence-electron chi connectivity index (χ1n) is 7.42. The largest absolute Gasteiger partial charge is 0.423 e. The summed E-state index contributed by atoms with van der Waals surface area (Å²) in [5.74, 6) is 0.545. The third-order valence-electron chi connectivity index (χ3n) is 3.73. The second kappa shape index (κ2) is 5.69. The lowest BCUT2D eigenvalue weighted by atomic mass is 10.1. The van der Waals surface area contributed by atoms with E-state index in [1.807, 2.05) is 43.3 Å². The van der Waals surface area contributed by atoms with Crippen molar-refractivity contribution >= 4 is 11.0 Å². The van der Waals surface area contributed by atoms with Crippen LogP contribution in [0.1, 0.15) is 11.1 Å². The smallest absolute Gasteiger partial charge is 0.336 e. The fourth-order valence-corrected chi connectivity index (χ4v) is 2.62. The van der Waals surface area contributed by atoms with Gasteiger partial charge in [0.05, 0.1) is 6.54 Å². The highest BCUT2D eigenvalue weighted by atomic mass is 16.4. The number of fused-ring (bicyclic) bond motifs is 1. The summed E-state index contributed by atoms with van der Waals surface area (Å²) in [6.07, 6.45) is 1.68. The van der Waals surface area contributed by atoms with E-state index in [1.54, 1.807) is 10.9 Å². The van der Waals surface area contributed by atoms with E-state index in [9.17, 15) is 4.79 Å². The van der Waals surface area contributed by atoms with Gasteiger partial charge in [-0.1, -0.05) is 18.2 Å². The maximum atomic E-state index is 11.9. The van der Waals surface area contributed by atoms with Crippen LogP contribution < -0.4 is 5.63 Å². The lowest BCUT2D eigenvalue weighted by Gasteiger charge is -2.07. The Hall–Kier alpha value is -3.35. The van der Waals surface area contributed by atoms with Gasteiger partial charge in [-0.3, -0.25) is 4.98 Å². The summed E-state index contributed by atoms with van der Waals surface area (Å²) in [7, 11) is 0. The summed E-state index contributed by atoms with van der Waals surface area (Å²) < 4.78 is 6.91. The number of tetrazole rings is 1. The molecule has 0 radical (unpaired) electrons. The third kappa shape index (κ3) is 2.56. The van der Waals surface area contributed by atoms with E-state index in [1.165, 1.54) is 6.07 Å².